The minimum Gasteiger partial charge on any atom is -0.457 e. The van der Waals surface area contributed by atoms with Gasteiger partial charge in [0.25, 0.3) is 0 Å². The third-order valence-corrected chi connectivity index (χ3v) is 12.4. The molecule has 5 heterocycles. The first-order valence-electron chi connectivity index (χ1n) is 19.7. The molecule has 4 aromatic rings. The van der Waals surface area contributed by atoms with E-state index in [2.05, 4.69) is 44.6 Å². The highest BCUT2D eigenvalue weighted by Crippen LogP contribution is 2.38. The number of hydrogen-bond acceptors (Lipinski definition) is 10. The van der Waals surface area contributed by atoms with Crippen LogP contribution in [0.2, 0.25) is 0 Å². The number of carbonyl (C=O) groups excluding carboxylic acids is 1. The summed E-state index contributed by atoms with van der Waals surface area (Å²) in [6, 6.07) is 16.6. The Morgan fingerprint density at radius 2 is 1.67 bits per heavy atom. The van der Waals surface area contributed by atoms with Gasteiger partial charge >= 0.3 is 0 Å². The molecule has 4 aliphatic rings. The standard InChI is InChI=1S/C41H51FN10O2/c1-41(2,51-22-20-48(21-23-51)28-10-8-11-28)37(49-17-6-7-18-49)33(25-43)40(53)50-19-9-12-29(26-50)52-39-35(38(44)45-27-46-39)36(47-52)32-16-15-31(24-34(32)42)54-30-13-4-3-5-14-30/h3-5,13-16,24,27-29,33,37H,6-12,17-23,26H2,1-2H3,(H2,44,45,46)/t29-,33?,37?/m1/s1. The fourth-order valence-corrected chi connectivity index (χ4v) is 9.31. The summed E-state index contributed by atoms with van der Waals surface area (Å²) in [5, 5.41) is 16.2. The molecule has 1 saturated carbocycles. The molecule has 4 fully saturated rings. The van der Waals surface area contributed by atoms with E-state index in [-0.39, 0.29) is 34.9 Å². The van der Waals surface area contributed by atoms with Gasteiger partial charge in [0.15, 0.2) is 5.65 Å². The van der Waals surface area contributed by atoms with Crippen LogP contribution in [0.4, 0.5) is 10.2 Å². The zero-order chi connectivity index (χ0) is 37.4. The smallest absolute Gasteiger partial charge is 0.241 e. The van der Waals surface area contributed by atoms with E-state index >= 15 is 4.39 Å². The van der Waals surface area contributed by atoms with E-state index in [0.29, 0.717) is 41.3 Å². The van der Waals surface area contributed by atoms with Gasteiger partial charge in [-0.05, 0) is 89.7 Å². The van der Waals surface area contributed by atoms with Crippen molar-refractivity contribution in [2.75, 3.05) is 58.1 Å². The molecule has 1 aliphatic carbocycles. The third kappa shape index (κ3) is 6.91. The number of hydrogen-bond donors (Lipinski definition) is 1. The molecule has 3 atom stereocenters. The molecule has 0 radical (unpaired) electrons. The first-order valence-corrected chi connectivity index (χ1v) is 19.7. The first kappa shape index (κ1) is 36.3. The monoisotopic (exact) mass is 734 g/mol. The Balaban J connectivity index is 1.05. The lowest BCUT2D eigenvalue weighted by molar-refractivity contribution is -0.140. The van der Waals surface area contributed by atoms with Gasteiger partial charge in [0.2, 0.25) is 5.91 Å². The maximum Gasteiger partial charge on any atom is 0.241 e. The molecular weight excluding hydrogens is 684 g/mol. The number of rotatable bonds is 10. The number of benzene rings is 2. The molecule has 2 unspecified atom stereocenters. The summed E-state index contributed by atoms with van der Waals surface area (Å²) >= 11 is 0. The van der Waals surface area contributed by atoms with Crippen molar-refractivity contribution in [2.45, 2.75) is 82.5 Å². The summed E-state index contributed by atoms with van der Waals surface area (Å²) in [6.45, 7) is 11.1. The molecule has 54 heavy (non-hydrogen) atoms. The van der Waals surface area contributed by atoms with Crippen LogP contribution < -0.4 is 10.5 Å². The molecule has 0 spiro atoms. The number of nitriles is 1. The molecule has 284 valence electrons. The van der Waals surface area contributed by atoms with E-state index in [1.54, 1.807) is 28.9 Å². The normalized spacial score (nSPS) is 21.8. The largest absolute Gasteiger partial charge is 0.457 e. The number of piperazine rings is 1. The number of nitrogens with zero attached hydrogens (tertiary/aromatic N) is 9. The summed E-state index contributed by atoms with van der Waals surface area (Å²) in [4.78, 5) is 32.9. The fourth-order valence-electron chi connectivity index (χ4n) is 9.31. The summed E-state index contributed by atoms with van der Waals surface area (Å²) in [6.07, 6.45) is 8.92. The zero-order valence-electron chi connectivity index (χ0n) is 31.4. The molecule has 2 aromatic carbocycles. The van der Waals surface area contributed by atoms with E-state index in [1.165, 1.54) is 31.7 Å². The maximum atomic E-state index is 15.8. The van der Waals surface area contributed by atoms with E-state index < -0.39 is 11.7 Å². The summed E-state index contributed by atoms with van der Waals surface area (Å²) < 4.78 is 23.5. The van der Waals surface area contributed by atoms with Crippen LogP contribution >= 0.6 is 0 Å². The number of anilines is 1. The predicted molar refractivity (Wildman–Crippen MR) is 205 cm³/mol. The number of likely N-dealkylation sites (tertiary alicyclic amines) is 2. The minimum atomic E-state index is -0.824. The van der Waals surface area contributed by atoms with Crippen LogP contribution in [0.25, 0.3) is 22.3 Å². The zero-order valence-corrected chi connectivity index (χ0v) is 31.4. The van der Waals surface area contributed by atoms with Crippen LogP contribution in [0, 0.1) is 23.1 Å². The highest BCUT2D eigenvalue weighted by Gasteiger charge is 2.49. The molecular formula is C41H51FN10O2. The lowest BCUT2D eigenvalue weighted by atomic mass is 9.80. The molecule has 3 aliphatic heterocycles. The number of para-hydroxylation sites is 1. The summed E-state index contributed by atoms with van der Waals surface area (Å²) in [7, 11) is 0. The van der Waals surface area contributed by atoms with Gasteiger partial charge in [-0.1, -0.05) is 24.6 Å². The van der Waals surface area contributed by atoms with Crippen molar-refractivity contribution in [3.63, 3.8) is 0 Å². The van der Waals surface area contributed by atoms with Crippen LogP contribution in [0.1, 0.15) is 64.8 Å². The Morgan fingerprint density at radius 1 is 0.926 bits per heavy atom. The van der Waals surface area contributed by atoms with Gasteiger partial charge in [-0.3, -0.25) is 19.5 Å². The number of aromatic nitrogens is 4. The molecule has 12 nitrogen and oxygen atoms in total. The number of amides is 1. The van der Waals surface area contributed by atoms with Gasteiger partial charge < -0.3 is 15.4 Å². The Bertz CT molecular complexity index is 2000. The van der Waals surface area contributed by atoms with Gasteiger partial charge in [0, 0.05) is 62.5 Å². The number of ether oxygens (including phenoxy) is 1. The first-order chi connectivity index (χ1) is 26.2. The van der Waals surface area contributed by atoms with Gasteiger partial charge in [0.05, 0.1) is 23.5 Å². The van der Waals surface area contributed by atoms with Crippen molar-refractivity contribution in [2.24, 2.45) is 5.92 Å². The molecule has 3 saturated heterocycles. The Kier molecular flexibility index (Phi) is 10.3. The van der Waals surface area contributed by atoms with Crippen molar-refractivity contribution >= 4 is 22.8 Å². The second kappa shape index (κ2) is 15.2. The Labute approximate surface area is 316 Å². The number of halogens is 1. The van der Waals surface area contributed by atoms with Crippen LogP contribution in [0.15, 0.2) is 54.9 Å². The molecule has 0 bridgehead atoms. The molecule has 2 aromatic heterocycles. The second-order valence-corrected chi connectivity index (χ2v) is 15.9. The quantitative estimate of drug-likeness (QED) is 0.216. The van der Waals surface area contributed by atoms with E-state index in [4.69, 9.17) is 15.6 Å². The molecule has 8 rings (SSSR count). The number of fused-ring (bicyclic) bond motifs is 1. The molecule has 1 amide bonds. The topological polar surface area (TPSA) is 133 Å². The van der Waals surface area contributed by atoms with Crippen LogP contribution in [0.3, 0.4) is 0 Å². The van der Waals surface area contributed by atoms with Crippen LogP contribution in [0.5, 0.6) is 11.5 Å². The number of carbonyl (C=O) groups is 1. The van der Waals surface area contributed by atoms with E-state index in [9.17, 15) is 10.1 Å². The van der Waals surface area contributed by atoms with Gasteiger partial charge in [0.1, 0.15) is 41.1 Å². The highest BCUT2D eigenvalue weighted by atomic mass is 19.1. The van der Waals surface area contributed by atoms with Crippen molar-refractivity contribution in [1.82, 2.24) is 39.3 Å². The van der Waals surface area contributed by atoms with Crippen molar-refractivity contribution in [1.29, 1.82) is 5.26 Å². The van der Waals surface area contributed by atoms with Crippen molar-refractivity contribution in [3.8, 4) is 28.8 Å². The van der Waals surface area contributed by atoms with E-state index in [0.717, 1.165) is 71.0 Å². The maximum absolute atomic E-state index is 15.8. The number of piperidine rings is 1. The Morgan fingerprint density at radius 3 is 2.35 bits per heavy atom. The fraction of sp³-hybridized carbons (Fsp3) is 0.537. The Hall–Kier alpha value is -4.64. The second-order valence-electron chi connectivity index (χ2n) is 15.9. The average Bonchev–Trinajstić information content (AvgIpc) is 3.83. The minimum absolute atomic E-state index is 0.133. The predicted octanol–water partition coefficient (Wildman–Crippen LogP) is 5.72. The van der Waals surface area contributed by atoms with Gasteiger partial charge in [-0.2, -0.15) is 10.4 Å². The van der Waals surface area contributed by atoms with E-state index in [1.807, 2.05) is 23.1 Å². The van der Waals surface area contributed by atoms with Crippen molar-refractivity contribution in [3.05, 3.63) is 60.7 Å². The lowest BCUT2D eigenvalue weighted by Crippen LogP contribution is -2.67. The van der Waals surface area contributed by atoms with Crippen molar-refractivity contribution < 1.29 is 13.9 Å². The third-order valence-electron chi connectivity index (χ3n) is 12.4. The SMILES string of the molecule is CC(C)(C(C(C#N)C(=O)N1CCC[C@@H](n2nc(-c3ccc(Oc4ccccc4)cc3F)c3c(N)ncnc32)C1)N1CCCC1)N1CCN(C2CCC2)CC1. The van der Waals surface area contributed by atoms with Gasteiger partial charge in [-0.15, -0.1) is 0 Å². The highest BCUT2D eigenvalue weighted by molar-refractivity contribution is 5.98. The summed E-state index contributed by atoms with van der Waals surface area (Å²) in [5.41, 5.74) is 7.10. The lowest BCUT2D eigenvalue weighted by Gasteiger charge is -2.53. The van der Waals surface area contributed by atoms with Crippen LogP contribution in [-0.4, -0.2) is 115 Å². The average molecular weight is 735 g/mol. The summed E-state index contributed by atoms with van der Waals surface area (Å²) in [5.74, 6) is -0.320. The number of nitrogens with two attached hydrogens (primary N) is 1. The number of nitrogen functional groups attached to an aromatic ring is 1. The molecule has 2 N–H and O–H groups in total. The molecule has 13 heteroatoms. The van der Waals surface area contributed by atoms with Gasteiger partial charge in [-0.25, -0.2) is 19.0 Å². The van der Waals surface area contributed by atoms with Crippen LogP contribution in [-0.2, 0) is 4.79 Å².